The van der Waals surface area contributed by atoms with E-state index in [-0.39, 0.29) is 10.9 Å². The summed E-state index contributed by atoms with van der Waals surface area (Å²) in [7, 11) is 3.53. The number of hydrogen-bond acceptors (Lipinski definition) is 10. The first-order chi connectivity index (χ1) is 11.3. The zero-order valence-corrected chi connectivity index (χ0v) is 18.9. The smallest absolute Gasteiger partial charge is 0.143 e. The molecule has 0 aromatic carbocycles. The largest absolute Gasteiger partial charge is 0.367 e. The van der Waals surface area contributed by atoms with Gasteiger partial charge in [-0.25, -0.2) is 0 Å². The Kier molecular flexibility index (Phi) is 6.61. The summed E-state index contributed by atoms with van der Waals surface area (Å²) in [5, 5.41) is 0. The maximum absolute atomic E-state index is 5.57. The van der Waals surface area contributed by atoms with E-state index in [2.05, 4.69) is 0 Å². The molecule has 23 heavy (non-hydrogen) atoms. The molecule has 4 rings (SSSR count). The number of thioether (sulfide) groups is 8. The molecule has 4 heterocycles. The lowest BCUT2D eigenvalue weighted by Gasteiger charge is -2.27. The van der Waals surface area contributed by atoms with Gasteiger partial charge in [-0.2, -0.15) is 0 Å². The summed E-state index contributed by atoms with van der Waals surface area (Å²) < 4.78 is 19.9. The van der Waals surface area contributed by atoms with Crippen LogP contribution in [0.25, 0.3) is 0 Å². The number of ether oxygens (including phenoxy) is 2. The first kappa shape index (κ1) is 18.3. The Morgan fingerprint density at radius 2 is 1.09 bits per heavy atom. The normalized spacial score (nSPS) is 31.6. The molecule has 0 spiro atoms. The minimum atomic E-state index is 0.0750. The van der Waals surface area contributed by atoms with Gasteiger partial charge in [0.1, 0.15) is 10.9 Å². The Labute approximate surface area is 170 Å². The van der Waals surface area contributed by atoms with Gasteiger partial charge in [0.15, 0.2) is 0 Å². The van der Waals surface area contributed by atoms with Crippen molar-refractivity contribution in [1.82, 2.24) is 0 Å². The Bertz CT molecular complexity index is 553. The zero-order valence-electron chi connectivity index (χ0n) is 12.4. The Hall–Kier alpha value is 1.94. The highest BCUT2D eigenvalue weighted by Crippen LogP contribution is 2.68. The molecule has 0 amide bonds. The summed E-state index contributed by atoms with van der Waals surface area (Å²) in [4.78, 5) is 0. The van der Waals surface area contributed by atoms with Gasteiger partial charge in [-0.15, -0.1) is 23.5 Å². The number of methoxy groups -OCH3 is 2. The molecule has 126 valence electrons. The van der Waals surface area contributed by atoms with Gasteiger partial charge >= 0.3 is 0 Å². The van der Waals surface area contributed by atoms with Crippen LogP contribution >= 0.6 is 94.1 Å². The molecule has 4 aliphatic heterocycles. The summed E-state index contributed by atoms with van der Waals surface area (Å²) in [5.41, 5.74) is 0.150. The SMILES string of the molecule is COC1SC2=C(SC(=C3SC4=C(SCCCS4)S3)S2)SC1OC. The van der Waals surface area contributed by atoms with Gasteiger partial charge < -0.3 is 9.47 Å². The second-order valence-electron chi connectivity index (χ2n) is 4.63. The highest BCUT2D eigenvalue weighted by molar-refractivity contribution is 8.45. The third kappa shape index (κ3) is 3.96. The quantitative estimate of drug-likeness (QED) is 0.447. The average Bonchev–Trinajstić information content (AvgIpc) is 3.11. The van der Waals surface area contributed by atoms with Gasteiger partial charge in [0.25, 0.3) is 0 Å². The van der Waals surface area contributed by atoms with Crippen LogP contribution in [0.4, 0.5) is 0 Å². The van der Waals surface area contributed by atoms with Gasteiger partial charge in [-0.1, -0.05) is 70.6 Å². The van der Waals surface area contributed by atoms with Crippen molar-refractivity contribution in [2.45, 2.75) is 17.3 Å². The fourth-order valence-corrected chi connectivity index (χ4v) is 14.5. The monoisotopic (exact) mass is 458 g/mol. The summed E-state index contributed by atoms with van der Waals surface area (Å²) in [6.07, 6.45) is 1.32. The Balaban J connectivity index is 1.48. The predicted molar refractivity (Wildman–Crippen MR) is 118 cm³/mol. The van der Waals surface area contributed by atoms with E-state index in [1.54, 1.807) is 37.7 Å². The highest BCUT2D eigenvalue weighted by Gasteiger charge is 2.39. The van der Waals surface area contributed by atoms with Crippen molar-refractivity contribution in [1.29, 1.82) is 0 Å². The average molecular weight is 459 g/mol. The van der Waals surface area contributed by atoms with Crippen LogP contribution in [0.15, 0.2) is 25.4 Å². The van der Waals surface area contributed by atoms with E-state index in [1.165, 1.54) is 43.3 Å². The maximum atomic E-state index is 5.57. The van der Waals surface area contributed by atoms with E-state index < -0.39 is 0 Å². The molecule has 2 nitrogen and oxygen atoms in total. The van der Waals surface area contributed by atoms with Crippen LogP contribution in [0.1, 0.15) is 6.42 Å². The molecule has 0 aromatic heterocycles. The third-order valence-electron chi connectivity index (χ3n) is 3.13. The Morgan fingerprint density at radius 1 is 0.652 bits per heavy atom. The van der Waals surface area contributed by atoms with Crippen LogP contribution in [0.3, 0.4) is 0 Å². The molecule has 0 N–H and O–H groups in total. The molecule has 0 aliphatic carbocycles. The van der Waals surface area contributed by atoms with E-state index in [0.717, 1.165) is 0 Å². The van der Waals surface area contributed by atoms with Crippen molar-refractivity contribution in [2.75, 3.05) is 25.7 Å². The topological polar surface area (TPSA) is 18.5 Å². The summed E-state index contributed by atoms with van der Waals surface area (Å²) >= 11 is 15.5. The molecule has 0 saturated carbocycles. The lowest BCUT2D eigenvalue weighted by Crippen LogP contribution is -2.25. The molecule has 10 heteroatoms. The number of hydrogen-bond donors (Lipinski definition) is 0. The molecule has 0 saturated heterocycles. The van der Waals surface area contributed by atoms with Crippen LogP contribution < -0.4 is 0 Å². The lowest BCUT2D eigenvalue weighted by molar-refractivity contribution is 0.0610. The van der Waals surface area contributed by atoms with Crippen LogP contribution in [-0.4, -0.2) is 36.6 Å². The molecular weight excluding hydrogens is 445 g/mol. The van der Waals surface area contributed by atoms with Crippen LogP contribution in [0.5, 0.6) is 0 Å². The number of rotatable bonds is 2. The minimum Gasteiger partial charge on any atom is -0.367 e. The zero-order chi connectivity index (χ0) is 15.8. The molecule has 4 aliphatic rings. The predicted octanol–water partition coefficient (Wildman–Crippen LogP) is 6.62. The van der Waals surface area contributed by atoms with Gasteiger partial charge in [0, 0.05) is 14.2 Å². The van der Waals surface area contributed by atoms with E-state index >= 15 is 0 Å². The summed E-state index contributed by atoms with van der Waals surface area (Å²) in [6, 6.07) is 0. The fourth-order valence-electron chi connectivity index (χ4n) is 2.06. The standard InChI is InChI=1S/C13H14O2S8/c1-14-6-7(15-2)19-11-10(18-6)22-13(23-11)12-20-8-9(21-12)17-5-3-4-16-8/h6-7H,3-5H2,1-2H3. The van der Waals surface area contributed by atoms with Crippen molar-refractivity contribution in [3.63, 3.8) is 0 Å². The van der Waals surface area contributed by atoms with Gasteiger partial charge in [0.2, 0.25) is 0 Å². The van der Waals surface area contributed by atoms with Crippen molar-refractivity contribution in [3.8, 4) is 0 Å². The first-order valence-electron chi connectivity index (χ1n) is 6.87. The van der Waals surface area contributed by atoms with Crippen LogP contribution in [-0.2, 0) is 9.47 Å². The van der Waals surface area contributed by atoms with Crippen molar-refractivity contribution in [2.24, 2.45) is 0 Å². The first-order valence-corrected chi connectivity index (χ1v) is 13.9. The second-order valence-corrected chi connectivity index (χ2v) is 14.7. The van der Waals surface area contributed by atoms with Crippen LogP contribution in [0.2, 0.25) is 0 Å². The van der Waals surface area contributed by atoms with Crippen molar-refractivity contribution in [3.05, 3.63) is 25.4 Å². The van der Waals surface area contributed by atoms with Gasteiger partial charge in [-0.3, -0.25) is 0 Å². The van der Waals surface area contributed by atoms with E-state index in [1.807, 2.05) is 70.6 Å². The fraction of sp³-hybridized carbons (Fsp3) is 0.538. The van der Waals surface area contributed by atoms with E-state index in [9.17, 15) is 0 Å². The van der Waals surface area contributed by atoms with E-state index in [0.29, 0.717) is 0 Å². The second kappa shape index (κ2) is 8.31. The molecule has 2 unspecified atom stereocenters. The molecule has 0 radical (unpaired) electrons. The highest BCUT2D eigenvalue weighted by atomic mass is 32.3. The van der Waals surface area contributed by atoms with Gasteiger partial charge in [-0.05, 0) is 17.9 Å². The Morgan fingerprint density at radius 3 is 1.52 bits per heavy atom. The van der Waals surface area contributed by atoms with E-state index in [4.69, 9.17) is 9.47 Å². The van der Waals surface area contributed by atoms with Gasteiger partial charge in [0.05, 0.1) is 25.4 Å². The van der Waals surface area contributed by atoms with Crippen LogP contribution in [0, 0.1) is 0 Å². The molecule has 0 aromatic rings. The third-order valence-corrected chi connectivity index (χ3v) is 15.4. The van der Waals surface area contributed by atoms with Crippen molar-refractivity contribution >= 4 is 94.1 Å². The molecule has 2 atom stereocenters. The molecular formula is C13H14O2S8. The minimum absolute atomic E-state index is 0.0750. The summed E-state index contributed by atoms with van der Waals surface area (Å²) in [6.45, 7) is 0. The summed E-state index contributed by atoms with van der Waals surface area (Å²) in [5.74, 6) is 2.52. The van der Waals surface area contributed by atoms with Crippen molar-refractivity contribution < 1.29 is 9.47 Å². The molecule has 0 fully saturated rings. The maximum Gasteiger partial charge on any atom is 0.143 e. The molecule has 0 bridgehead atoms. The lowest BCUT2D eigenvalue weighted by atomic mass is 10.6.